The molecule has 2 aromatic rings. The van der Waals surface area contributed by atoms with E-state index in [0.29, 0.717) is 16.9 Å². The maximum absolute atomic E-state index is 13.1. The number of carbonyl (C=O) groups excluding carboxylic acids is 1. The second-order valence-electron chi connectivity index (χ2n) is 4.97. The van der Waals surface area contributed by atoms with Crippen LogP contribution in [0, 0.1) is 0 Å². The lowest BCUT2D eigenvalue weighted by molar-refractivity contribution is -0.121. The molecule has 1 aromatic heterocycles. The molecule has 130 valence electrons. The van der Waals surface area contributed by atoms with Crippen molar-refractivity contribution in [2.45, 2.75) is 23.5 Å². The van der Waals surface area contributed by atoms with E-state index >= 15 is 0 Å². The summed E-state index contributed by atoms with van der Waals surface area (Å²) in [6.45, 7) is -0.699. The molecule has 24 heavy (non-hydrogen) atoms. The van der Waals surface area contributed by atoms with Crippen LogP contribution in [0.2, 0.25) is 0 Å². The van der Waals surface area contributed by atoms with Crippen molar-refractivity contribution < 1.29 is 14.3 Å². The summed E-state index contributed by atoms with van der Waals surface area (Å²) < 4.78 is 14.6. The number of hydrogen-bond acceptors (Lipinski definition) is 5. The zero-order valence-electron chi connectivity index (χ0n) is 12.4. The minimum absolute atomic E-state index is 0.275. The Morgan fingerprint density at radius 3 is 2.54 bits per heavy atom. The number of halogens is 3. The van der Waals surface area contributed by atoms with Gasteiger partial charge in [0, 0.05) is 6.54 Å². The minimum atomic E-state index is -1.34. The van der Waals surface area contributed by atoms with Gasteiger partial charge in [0.25, 0.3) is 5.91 Å². The Balaban J connectivity index is 2.12. The number of hydrogen-bond donors (Lipinski definition) is 3. The highest BCUT2D eigenvalue weighted by Crippen LogP contribution is 2.20. The fourth-order valence-corrected chi connectivity index (χ4v) is 2.15. The van der Waals surface area contributed by atoms with E-state index in [9.17, 15) is 14.3 Å². The van der Waals surface area contributed by atoms with Gasteiger partial charge in [0.1, 0.15) is 12.8 Å². The number of carbonyl (C=O) groups is 1. The third kappa shape index (κ3) is 4.41. The van der Waals surface area contributed by atoms with Gasteiger partial charge in [-0.2, -0.15) is 0 Å². The Morgan fingerprint density at radius 1 is 1.38 bits per heavy atom. The lowest BCUT2D eigenvalue weighted by atomic mass is 10.0. The summed E-state index contributed by atoms with van der Waals surface area (Å²) in [6, 6.07) is 5.39. The summed E-state index contributed by atoms with van der Waals surface area (Å²) in [5, 5.41) is 20.3. The average Bonchev–Trinajstić information content (AvgIpc) is 3.08. The normalized spacial score (nSPS) is 13.8. The van der Waals surface area contributed by atoms with E-state index in [1.165, 1.54) is 4.68 Å². The van der Waals surface area contributed by atoms with Gasteiger partial charge in [0.15, 0.2) is 4.84 Å². The summed E-state index contributed by atoms with van der Waals surface area (Å²) in [7, 11) is 0. The number of benzene rings is 1. The van der Waals surface area contributed by atoms with E-state index in [2.05, 4.69) is 15.6 Å². The van der Waals surface area contributed by atoms with Crippen LogP contribution in [0.1, 0.15) is 17.4 Å². The van der Waals surface area contributed by atoms with Crippen LogP contribution in [0.5, 0.6) is 0 Å². The molecule has 0 saturated heterocycles. The topological polar surface area (TPSA) is 106 Å². The molecule has 4 N–H and O–H groups in total. The molecule has 2 rings (SSSR count). The van der Waals surface area contributed by atoms with E-state index in [1.807, 2.05) is 0 Å². The Morgan fingerprint density at radius 2 is 2.04 bits per heavy atom. The van der Waals surface area contributed by atoms with Gasteiger partial charge in [-0.25, -0.2) is 9.07 Å². The first-order valence-electron chi connectivity index (χ1n) is 7.00. The van der Waals surface area contributed by atoms with Crippen molar-refractivity contribution in [3.8, 4) is 5.69 Å². The molecule has 0 bridgehead atoms. The first kappa shape index (κ1) is 18.6. The standard InChI is InChI=1S/C14H16Cl2FN5O2/c15-13(16)14(24)19-11(5-17)12(23)8-1-3-10(4-2-8)22-7-9(6-18)20-21-22/h1-4,7,11-13,23H,5-6,18H2,(H,19,24)/t11-,12+/m1/s1. The number of rotatable bonds is 7. The molecule has 1 aromatic carbocycles. The van der Waals surface area contributed by atoms with E-state index in [1.54, 1.807) is 30.5 Å². The summed E-state index contributed by atoms with van der Waals surface area (Å²) in [6.07, 6.45) is 0.423. The van der Waals surface area contributed by atoms with Crippen molar-refractivity contribution in [1.82, 2.24) is 20.3 Å². The number of nitrogens with zero attached hydrogens (tertiary/aromatic N) is 3. The fourth-order valence-electron chi connectivity index (χ4n) is 2.02. The van der Waals surface area contributed by atoms with Crippen LogP contribution in [-0.2, 0) is 11.3 Å². The van der Waals surface area contributed by atoms with Gasteiger partial charge in [-0.1, -0.05) is 40.5 Å². The molecule has 2 atom stereocenters. The zero-order chi connectivity index (χ0) is 17.7. The van der Waals surface area contributed by atoms with Crippen LogP contribution < -0.4 is 11.1 Å². The number of nitrogens with one attached hydrogen (secondary N) is 1. The fraction of sp³-hybridized carbons (Fsp3) is 0.357. The van der Waals surface area contributed by atoms with Gasteiger partial charge < -0.3 is 16.2 Å². The van der Waals surface area contributed by atoms with Crippen molar-refractivity contribution >= 4 is 29.1 Å². The molecule has 0 aliphatic carbocycles. The molecule has 0 aliphatic heterocycles. The zero-order valence-corrected chi connectivity index (χ0v) is 14.0. The van der Waals surface area contributed by atoms with Crippen LogP contribution in [0.15, 0.2) is 30.5 Å². The lowest BCUT2D eigenvalue weighted by Gasteiger charge is -2.22. The molecule has 10 heteroatoms. The van der Waals surface area contributed by atoms with Gasteiger partial charge in [-0.15, -0.1) is 5.10 Å². The van der Waals surface area contributed by atoms with Crippen LogP contribution >= 0.6 is 23.2 Å². The largest absolute Gasteiger partial charge is 0.386 e. The Bertz CT molecular complexity index is 680. The maximum atomic E-state index is 13.1. The van der Waals surface area contributed by atoms with Gasteiger partial charge in [0.2, 0.25) is 0 Å². The average molecular weight is 376 g/mol. The molecule has 7 nitrogen and oxygen atoms in total. The Labute approximate surface area is 147 Å². The van der Waals surface area contributed by atoms with Crippen molar-refractivity contribution in [3.05, 3.63) is 41.7 Å². The van der Waals surface area contributed by atoms with Crippen molar-refractivity contribution in [1.29, 1.82) is 0 Å². The smallest absolute Gasteiger partial charge is 0.253 e. The highest BCUT2D eigenvalue weighted by atomic mass is 35.5. The monoisotopic (exact) mass is 375 g/mol. The van der Waals surface area contributed by atoms with Crippen LogP contribution in [0.25, 0.3) is 5.69 Å². The molecule has 1 heterocycles. The second-order valence-corrected chi connectivity index (χ2v) is 6.06. The first-order chi connectivity index (χ1) is 11.5. The molecular weight excluding hydrogens is 360 g/mol. The molecule has 0 aliphatic rings. The molecule has 0 spiro atoms. The maximum Gasteiger partial charge on any atom is 0.253 e. The van der Waals surface area contributed by atoms with E-state index in [0.717, 1.165) is 0 Å². The molecule has 0 unspecified atom stereocenters. The number of nitrogens with two attached hydrogens (primary N) is 1. The Kier molecular flexibility index (Phi) is 6.50. The number of aliphatic hydroxyl groups excluding tert-OH is 1. The molecular formula is C14H16Cl2FN5O2. The first-order valence-corrected chi connectivity index (χ1v) is 7.87. The van der Waals surface area contributed by atoms with Crippen LogP contribution in [0.4, 0.5) is 4.39 Å². The number of amides is 1. The second kappa shape index (κ2) is 8.39. The SMILES string of the molecule is NCc1cn(-c2ccc([C@H](O)[C@@H](CF)NC(=O)C(Cl)Cl)cc2)nn1. The summed E-state index contributed by atoms with van der Waals surface area (Å²) in [5.74, 6) is -0.770. The number of alkyl halides is 3. The highest BCUT2D eigenvalue weighted by molar-refractivity contribution is 6.53. The summed E-state index contributed by atoms with van der Waals surface area (Å²) in [5.41, 5.74) is 7.23. The lowest BCUT2D eigenvalue weighted by Crippen LogP contribution is -2.43. The van der Waals surface area contributed by atoms with Crippen molar-refractivity contribution in [3.63, 3.8) is 0 Å². The summed E-state index contributed by atoms with van der Waals surface area (Å²) in [4.78, 5) is 10.1. The third-order valence-corrected chi connectivity index (χ3v) is 3.72. The molecule has 0 saturated carbocycles. The van der Waals surface area contributed by atoms with Gasteiger partial charge in [-0.05, 0) is 17.7 Å². The molecule has 0 fully saturated rings. The number of aliphatic hydroxyl groups is 1. The van der Waals surface area contributed by atoms with Gasteiger partial charge in [0.05, 0.1) is 23.6 Å². The Hall–Kier alpha value is -1.74. The quantitative estimate of drug-likeness (QED) is 0.626. The predicted molar refractivity (Wildman–Crippen MR) is 87.6 cm³/mol. The third-order valence-electron chi connectivity index (χ3n) is 3.32. The van der Waals surface area contributed by atoms with E-state index < -0.39 is 29.6 Å². The van der Waals surface area contributed by atoms with Crippen LogP contribution in [-0.4, -0.2) is 43.6 Å². The van der Waals surface area contributed by atoms with E-state index in [-0.39, 0.29) is 6.54 Å². The molecule has 1 amide bonds. The van der Waals surface area contributed by atoms with Crippen molar-refractivity contribution in [2.75, 3.05) is 6.67 Å². The van der Waals surface area contributed by atoms with Crippen LogP contribution in [0.3, 0.4) is 0 Å². The van der Waals surface area contributed by atoms with Crippen molar-refractivity contribution in [2.24, 2.45) is 5.73 Å². The van der Waals surface area contributed by atoms with Gasteiger partial charge in [-0.3, -0.25) is 4.79 Å². The minimum Gasteiger partial charge on any atom is -0.386 e. The highest BCUT2D eigenvalue weighted by Gasteiger charge is 2.25. The van der Waals surface area contributed by atoms with E-state index in [4.69, 9.17) is 28.9 Å². The van der Waals surface area contributed by atoms with Gasteiger partial charge >= 0.3 is 0 Å². The molecule has 0 radical (unpaired) electrons. The number of aromatic nitrogens is 3. The summed E-state index contributed by atoms with van der Waals surface area (Å²) >= 11 is 10.8. The predicted octanol–water partition coefficient (Wildman–Crippen LogP) is 1.02.